The van der Waals surface area contributed by atoms with Crippen LogP contribution in [-0.4, -0.2) is 51.7 Å². The van der Waals surface area contributed by atoms with Crippen LogP contribution < -0.4 is 16.0 Å². The highest BCUT2D eigenvalue weighted by molar-refractivity contribution is 7.90. The number of nitrogens with zero attached hydrogens (tertiary/aromatic N) is 2. The van der Waals surface area contributed by atoms with E-state index in [0.717, 1.165) is 25.3 Å². The molecule has 3 N–H and O–H groups in total. The summed E-state index contributed by atoms with van der Waals surface area (Å²) < 4.78 is 23.3. The minimum Gasteiger partial charge on any atom is -0.378 e. The van der Waals surface area contributed by atoms with Gasteiger partial charge in [0.1, 0.15) is 5.69 Å². The van der Waals surface area contributed by atoms with Gasteiger partial charge in [-0.25, -0.2) is 8.42 Å². The Kier molecular flexibility index (Phi) is 9.10. The molecule has 0 saturated heterocycles. The quantitative estimate of drug-likeness (QED) is 0.128. The summed E-state index contributed by atoms with van der Waals surface area (Å²) in [5.41, 5.74) is 1.49. The summed E-state index contributed by atoms with van der Waals surface area (Å²) >= 11 is 0. The number of rotatable bonds is 10. The zero-order chi connectivity index (χ0) is 22.0. The molecule has 30 heavy (non-hydrogen) atoms. The summed E-state index contributed by atoms with van der Waals surface area (Å²) in [5.74, 6) is 0.706. The van der Waals surface area contributed by atoms with Crippen LogP contribution >= 0.6 is 0 Å². The van der Waals surface area contributed by atoms with Gasteiger partial charge in [-0.05, 0) is 51.2 Å². The molecule has 0 spiro atoms. The van der Waals surface area contributed by atoms with E-state index < -0.39 is 14.8 Å². The van der Waals surface area contributed by atoms with Crippen LogP contribution in [0.15, 0.2) is 39.7 Å². The highest BCUT2D eigenvalue weighted by Gasteiger charge is 2.18. The Hall–Kier alpha value is -2.62. The second kappa shape index (κ2) is 11.5. The fourth-order valence-corrected chi connectivity index (χ4v) is 3.85. The first-order valence-electron chi connectivity index (χ1n) is 10.2. The summed E-state index contributed by atoms with van der Waals surface area (Å²) in [7, 11) is -3.51. The second-order valence-corrected chi connectivity index (χ2v) is 9.20. The molecule has 1 aliphatic carbocycles. The number of anilines is 1. The van der Waals surface area contributed by atoms with Crippen LogP contribution in [0.1, 0.15) is 39.0 Å². The third kappa shape index (κ3) is 7.66. The van der Waals surface area contributed by atoms with Crippen molar-refractivity contribution in [1.29, 1.82) is 0 Å². The molecular weight excluding hydrogens is 406 g/mol. The Labute approximate surface area is 178 Å². The maximum atomic E-state index is 11.6. The first-order chi connectivity index (χ1) is 14.3. The Bertz CT molecular complexity index is 896. The van der Waals surface area contributed by atoms with Gasteiger partial charge in [-0.2, -0.15) is 0 Å². The highest BCUT2D eigenvalue weighted by atomic mass is 32.2. The molecule has 0 aromatic heterocycles. The molecule has 1 aliphatic rings. The Balaban J connectivity index is 1.88. The summed E-state index contributed by atoms with van der Waals surface area (Å²) in [6, 6.07) is 3.87. The van der Waals surface area contributed by atoms with Crippen molar-refractivity contribution in [3.8, 4) is 0 Å². The molecule has 0 radical (unpaired) electrons. The first-order valence-corrected chi connectivity index (χ1v) is 12.1. The van der Waals surface area contributed by atoms with Gasteiger partial charge in [0.15, 0.2) is 15.8 Å². The van der Waals surface area contributed by atoms with Gasteiger partial charge in [0.25, 0.3) is 5.69 Å². The Morgan fingerprint density at radius 1 is 1.23 bits per heavy atom. The van der Waals surface area contributed by atoms with Gasteiger partial charge < -0.3 is 16.0 Å². The molecule has 10 heteroatoms. The van der Waals surface area contributed by atoms with Crippen LogP contribution in [0.25, 0.3) is 0 Å². The van der Waals surface area contributed by atoms with Crippen molar-refractivity contribution in [2.75, 3.05) is 37.8 Å². The molecule has 1 aromatic rings. The number of hydrogen-bond donors (Lipinski definition) is 3. The number of allylic oxidation sites excluding steroid dienone is 1. The third-order valence-corrected chi connectivity index (χ3v) is 5.87. The molecule has 1 aromatic carbocycles. The number of nitro benzene ring substituents is 1. The van der Waals surface area contributed by atoms with E-state index in [9.17, 15) is 18.5 Å². The van der Waals surface area contributed by atoms with Gasteiger partial charge >= 0.3 is 0 Å². The van der Waals surface area contributed by atoms with Crippen LogP contribution in [0, 0.1) is 10.1 Å². The van der Waals surface area contributed by atoms with Gasteiger partial charge in [0.05, 0.1) is 9.82 Å². The van der Waals surface area contributed by atoms with Crippen molar-refractivity contribution >= 4 is 27.2 Å². The van der Waals surface area contributed by atoms with E-state index in [4.69, 9.17) is 0 Å². The van der Waals surface area contributed by atoms with E-state index in [1.807, 2.05) is 6.92 Å². The van der Waals surface area contributed by atoms with Gasteiger partial charge in [-0.1, -0.05) is 11.6 Å². The minimum absolute atomic E-state index is 0.0764. The monoisotopic (exact) mass is 437 g/mol. The van der Waals surface area contributed by atoms with Crippen molar-refractivity contribution in [1.82, 2.24) is 10.6 Å². The number of aliphatic imine (C=N–C) groups is 1. The normalized spacial score (nSPS) is 14.7. The van der Waals surface area contributed by atoms with Crippen LogP contribution in [0.2, 0.25) is 0 Å². The molecule has 9 nitrogen and oxygen atoms in total. The van der Waals surface area contributed by atoms with Crippen molar-refractivity contribution < 1.29 is 13.3 Å². The van der Waals surface area contributed by atoms with E-state index in [2.05, 4.69) is 27.0 Å². The molecule has 2 rings (SSSR count). The number of benzene rings is 1. The highest BCUT2D eigenvalue weighted by Crippen LogP contribution is 2.27. The van der Waals surface area contributed by atoms with Crippen molar-refractivity contribution in [2.45, 2.75) is 43.9 Å². The van der Waals surface area contributed by atoms with Crippen molar-refractivity contribution in [3.63, 3.8) is 0 Å². The SMILES string of the molecule is CCNC(=NCCC1=CCCCC1)NCCNc1ccc(S(C)(=O)=O)cc1[N+](=O)[O-]. The lowest BCUT2D eigenvalue weighted by Crippen LogP contribution is -2.39. The van der Waals surface area contributed by atoms with Crippen LogP contribution in [0.3, 0.4) is 0 Å². The summed E-state index contributed by atoms with van der Waals surface area (Å²) in [4.78, 5) is 15.2. The Morgan fingerprint density at radius 3 is 2.67 bits per heavy atom. The van der Waals surface area contributed by atoms with Crippen LogP contribution in [0.4, 0.5) is 11.4 Å². The zero-order valence-electron chi connectivity index (χ0n) is 17.6. The fraction of sp³-hybridized carbons (Fsp3) is 0.550. The summed E-state index contributed by atoms with van der Waals surface area (Å²) in [6.07, 6.45) is 9.19. The van der Waals surface area contributed by atoms with Gasteiger partial charge in [0.2, 0.25) is 0 Å². The van der Waals surface area contributed by atoms with E-state index in [-0.39, 0.29) is 16.3 Å². The molecule has 0 atom stereocenters. The fourth-order valence-electron chi connectivity index (χ4n) is 3.21. The van der Waals surface area contributed by atoms with E-state index in [1.165, 1.54) is 43.4 Å². The topological polar surface area (TPSA) is 126 Å². The summed E-state index contributed by atoms with van der Waals surface area (Å²) in [6.45, 7) is 4.35. The molecule has 0 fully saturated rings. The smallest absolute Gasteiger partial charge is 0.293 e. The molecule has 0 heterocycles. The van der Waals surface area contributed by atoms with Crippen molar-refractivity contribution in [3.05, 3.63) is 40.0 Å². The van der Waals surface area contributed by atoms with E-state index in [1.54, 1.807) is 0 Å². The van der Waals surface area contributed by atoms with Crippen molar-refractivity contribution in [2.24, 2.45) is 4.99 Å². The number of sulfone groups is 1. The van der Waals surface area contributed by atoms with E-state index in [0.29, 0.717) is 25.6 Å². The van der Waals surface area contributed by atoms with E-state index >= 15 is 0 Å². The molecule has 0 bridgehead atoms. The lowest BCUT2D eigenvalue weighted by molar-refractivity contribution is -0.384. The van der Waals surface area contributed by atoms with Gasteiger partial charge in [-0.15, -0.1) is 0 Å². The predicted molar refractivity (Wildman–Crippen MR) is 120 cm³/mol. The maximum Gasteiger partial charge on any atom is 0.293 e. The molecule has 0 aliphatic heterocycles. The lowest BCUT2D eigenvalue weighted by atomic mass is 9.97. The molecule has 0 saturated carbocycles. The average Bonchev–Trinajstić information content (AvgIpc) is 2.71. The maximum absolute atomic E-state index is 11.6. The Morgan fingerprint density at radius 2 is 2.03 bits per heavy atom. The number of nitro groups is 1. The molecule has 0 unspecified atom stereocenters. The largest absolute Gasteiger partial charge is 0.378 e. The number of hydrogen-bond acceptors (Lipinski definition) is 6. The number of guanidine groups is 1. The first kappa shape index (κ1) is 23.7. The predicted octanol–water partition coefficient (Wildman–Crippen LogP) is 2.86. The number of nitrogens with one attached hydrogen (secondary N) is 3. The zero-order valence-corrected chi connectivity index (χ0v) is 18.4. The third-order valence-electron chi connectivity index (χ3n) is 4.76. The van der Waals surface area contributed by atoms with Gasteiger partial charge in [0, 0.05) is 38.5 Å². The second-order valence-electron chi connectivity index (χ2n) is 7.18. The lowest BCUT2D eigenvalue weighted by Gasteiger charge is -2.14. The average molecular weight is 438 g/mol. The molecular formula is C20H31N5O4S. The minimum atomic E-state index is -3.51. The summed E-state index contributed by atoms with van der Waals surface area (Å²) in [5, 5.41) is 20.7. The van der Waals surface area contributed by atoms with Crippen LogP contribution in [-0.2, 0) is 9.84 Å². The van der Waals surface area contributed by atoms with Gasteiger partial charge in [-0.3, -0.25) is 15.1 Å². The standard InChI is InChI=1S/C20H31N5O4S/c1-3-21-20(23-12-11-16-7-5-4-6-8-16)24-14-13-22-18-10-9-17(30(2,28)29)15-19(18)25(26)27/h7,9-10,15,22H,3-6,8,11-14H2,1-2H3,(H2,21,23,24). The molecule has 0 amide bonds. The molecule has 166 valence electrons. The van der Waals surface area contributed by atoms with Crippen LogP contribution in [0.5, 0.6) is 0 Å².